The Morgan fingerprint density at radius 1 is 1.36 bits per heavy atom. The van der Waals surface area contributed by atoms with Crippen LogP contribution in [0.3, 0.4) is 0 Å². The number of benzene rings is 1. The summed E-state index contributed by atoms with van der Waals surface area (Å²) >= 11 is 0. The van der Waals surface area contributed by atoms with E-state index in [4.69, 9.17) is 9.47 Å². The molecule has 6 nitrogen and oxygen atoms in total. The number of methoxy groups -OCH3 is 1. The Bertz CT molecular complexity index is 692. The molecule has 2 aliphatic carbocycles. The van der Waals surface area contributed by atoms with Crippen LogP contribution in [0.15, 0.2) is 24.3 Å². The van der Waals surface area contributed by atoms with E-state index in [1.165, 1.54) is 5.56 Å². The third-order valence-electron chi connectivity index (χ3n) is 6.04. The topological polar surface area (TPSA) is 67.9 Å². The molecule has 25 heavy (non-hydrogen) atoms. The molecule has 0 unspecified atom stereocenters. The first-order valence-corrected chi connectivity index (χ1v) is 8.85. The van der Waals surface area contributed by atoms with E-state index in [1.54, 1.807) is 7.11 Å². The highest BCUT2D eigenvalue weighted by atomic mass is 16.6. The molecule has 0 radical (unpaired) electrons. The zero-order valence-electron chi connectivity index (χ0n) is 14.7. The van der Waals surface area contributed by atoms with Gasteiger partial charge in [-0.2, -0.15) is 0 Å². The quantitative estimate of drug-likeness (QED) is 0.910. The monoisotopic (exact) mass is 344 g/mol. The second kappa shape index (κ2) is 5.93. The molecule has 2 amide bonds. The second-order valence-corrected chi connectivity index (χ2v) is 7.63. The summed E-state index contributed by atoms with van der Waals surface area (Å²) in [5.74, 6) is 1.57. The summed E-state index contributed by atoms with van der Waals surface area (Å²) < 4.78 is 10.3. The molecule has 134 valence electrons. The molecule has 1 aromatic carbocycles. The number of rotatable bonds is 4. The van der Waals surface area contributed by atoms with Crippen LogP contribution in [0.1, 0.15) is 37.2 Å². The molecule has 1 aromatic rings. The Morgan fingerprint density at radius 3 is 2.76 bits per heavy atom. The molecule has 3 aliphatic rings. The number of nitrogens with zero attached hydrogens (tertiary/aromatic N) is 1. The smallest absolute Gasteiger partial charge is 0.407 e. The molecule has 6 heteroatoms. The lowest BCUT2D eigenvalue weighted by molar-refractivity contribution is -0.143. The Balaban J connectivity index is 1.29. The van der Waals surface area contributed by atoms with E-state index in [2.05, 4.69) is 17.4 Å². The highest BCUT2D eigenvalue weighted by molar-refractivity contribution is 5.81. The molecule has 4 rings (SSSR count). The summed E-state index contributed by atoms with van der Waals surface area (Å²) in [4.78, 5) is 25.8. The van der Waals surface area contributed by atoms with Gasteiger partial charge in [0.15, 0.2) is 0 Å². The third-order valence-corrected chi connectivity index (χ3v) is 6.04. The number of nitrogens with one attached hydrogen (secondary N) is 1. The Kier molecular flexibility index (Phi) is 3.85. The number of carbonyl (C=O) groups is 2. The van der Waals surface area contributed by atoms with Gasteiger partial charge in [0.1, 0.15) is 12.4 Å². The third kappa shape index (κ3) is 2.83. The van der Waals surface area contributed by atoms with Crippen LogP contribution in [0.25, 0.3) is 0 Å². The Labute approximate surface area is 147 Å². The van der Waals surface area contributed by atoms with Gasteiger partial charge in [0.25, 0.3) is 0 Å². The van der Waals surface area contributed by atoms with Crippen molar-refractivity contribution in [1.82, 2.24) is 10.2 Å². The molecule has 2 saturated carbocycles. The van der Waals surface area contributed by atoms with Crippen molar-refractivity contribution in [2.75, 3.05) is 20.8 Å². The number of alkyl carbamates (subject to hydrolysis) is 1. The highest BCUT2D eigenvalue weighted by Gasteiger charge is 2.53. The van der Waals surface area contributed by atoms with Crippen molar-refractivity contribution < 1.29 is 19.1 Å². The van der Waals surface area contributed by atoms with Gasteiger partial charge in [-0.25, -0.2) is 4.79 Å². The Morgan fingerprint density at radius 2 is 2.12 bits per heavy atom. The van der Waals surface area contributed by atoms with E-state index in [-0.39, 0.29) is 23.5 Å². The van der Waals surface area contributed by atoms with Crippen LogP contribution in [-0.4, -0.2) is 49.2 Å². The summed E-state index contributed by atoms with van der Waals surface area (Å²) in [5, 5.41) is 2.84. The first kappa shape index (κ1) is 16.2. The first-order valence-electron chi connectivity index (χ1n) is 8.85. The number of hydrogen-bond donors (Lipinski definition) is 1. The standard InChI is InChI=1S/C19H24N2O4/c1-21(17(22)14-9-19(10-14)11-25-18(23)20-19)15-6-13(7-15)12-4-3-5-16(8-12)24-2/h3-5,8,13-15H,6-7,9-11H2,1-2H3,(H,20,23). The van der Waals surface area contributed by atoms with E-state index in [0.29, 0.717) is 31.4 Å². The maximum atomic E-state index is 12.7. The maximum Gasteiger partial charge on any atom is 0.407 e. The number of ether oxygens (including phenoxy) is 2. The van der Waals surface area contributed by atoms with Crippen molar-refractivity contribution in [2.45, 2.75) is 43.2 Å². The van der Waals surface area contributed by atoms with Gasteiger partial charge in [-0.15, -0.1) is 0 Å². The summed E-state index contributed by atoms with van der Waals surface area (Å²) in [5.41, 5.74) is 0.992. The molecule has 0 bridgehead atoms. The largest absolute Gasteiger partial charge is 0.497 e. The second-order valence-electron chi connectivity index (χ2n) is 7.63. The van der Waals surface area contributed by atoms with E-state index in [1.807, 2.05) is 24.1 Å². The predicted octanol–water partition coefficient (Wildman–Crippen LogP) is 2.29. The minimum Gasteiger partial charge on any atom is -0.497 e. The molecule has 1 spiro atoms. The van der Waals surface area contributed by atoms with Crippen molar-refractivity contribution in [3.63, 3.8) is 0 Å². The summed E-state index contributed by atoms with van der Waals surface area (Å²) in [7, 11) is 3.59. The van der Waals surface area contributed by atoms with Crippen LogP contribution in [0.4, 0.5) is 4.79 Å². The molecule has 1 N–H and O–H groups in total. The molecule has 3 fully saturated rings. The number of amides is 2. The normalized spacial score (nSPS) is 33.0. The molecule has 1 heterocycles. The van der Waals surface area contributed by atoms with Gasteiger partial charge < -0.3 is 19.7 Å². The van der Waals surface area contributed by atoms with Gasteiger partial charge in [0, 0.05) is 19.0 Å². The average Bonchev–Trinajstić information content (AvgIpc) is 2.94. The van der Waals surface area contributed by atoms with Crippen molar-refractivity contribution in [3.05, 3.63) is 29.8 Å². The minimum absolute atomic E-state index is 0.00266. The lowest BCUT2D eigenvalue weighted by Gasteiger charge is -2.47. The van der Waals surface area contributed by atoms with E-state index >= 15 is 0 Å². The average molecular weight is 344 g/mol. The van der Waals surface area contributed by atoms with Crippen LogP contribution in [0, 0.1) is 5.92 Å². The van der Waals surface area contributed by atoms with Crippen LogP contribution >= 0.6 is 0 Å². The fraction of sp³-hybridized carbons (Fsp3) is 0.579. The van der Waals surface area contributed by atoms with Gasteiger partial charge in [0.2, 0.25) is 5.91 Å². The lowest BCUT2D eigenvalue weighted by Crippen LogP contribution is -2.59. The SMILES string of the molecule is COc1cccc(C2CC(N(C)C(=O)C3CC4(COC(=O)N4)C3)C2)c1. The lowest BCUT2D eigenvalue weighted by atomic mass is 9.67. The maximum absolute atomic E-state index is 12.7. The summed E-state index contributed by atoms with van der Waals surface area (Å²) in [6, 6.07) is 8.48. The fourth-order valence-corrected chi connectivity index (χ4v) is 4.31. The molecule has 1 aliphatic heterocycles. The molecule has 0 atom stereocenters. The van der Waals surface area contributed by atoms with Crippen LogP contribution in [-0.2, 0) is 9.53 Å². The summed E-state index contributed by atoms with van der Waals surface area (Å²) in [6.45, 7) is 0.390. The Hall–Kier alpha value is -2.24. The van der Waals surface area contributed by atoms with E-state index < -0.39 is 0 Å². The van der Waals surface area contributed by atoms with Crippen molar-refractivity contribution in [2.24, 2.45) is 5.92 Å². The molecule has 0 aromatic heterocycles. The van der Waals surface area contributed by atoms with E-state index in [9.17, 15) is 9.59 Å². The number of carbonyl (C=O) groups excluding carboxylic acids is 2. The van der Waals surface area contributed by atoms with Gasteiger partial charge in [-0.3, -0.25) is 4.79 Å². The van der Waals surface area contributed by atoms with E-state index in [0.717, 1.165) is 18.6 Å². The van der Waals surface area contributed by atoms with Gasteiger partial charge in [-0.05, 0) is 49.3 Å². The molecular weight excluding hydrogens is 320 g/mol. The van der Waals surface area contributed by atoms with Crippen molar-refractivity contribution in [3.8, 4) is 5.75 Å². The van der Waals surface area contributed by atoms with Gasteiger partial charge >= 0.3 is 6.09 Å². The van der Waals surface area contributed by atoms with Crippen LogP contribution in [0.5, 0.6) is 5.75 Å². The molecule has 1 saturated heterocycles. The van der Waals surface area contributed by atoms with Crippen molar-refractivity contribution in [1.29, 1.82) is 0 Å². The number of cyclic esters (lactones) is 1. The fourth-order valence-electron chi connectivity index (χ4n) is 4.31. The van der Waals surface area contributed by atoms with Crippen LogP contribution < -0.4 is 10.1 Å². The van der Waals surface area contributed by atoms with Crippen LogP contribution in [0.2, 0.25) is 0 Å². The highest BCUT2D eigenvalue weighted by Crippen LogP contribution is 2.44. The first-order chi connectivity index (χ1) is 12.0. The summed E-state index contributed by atoms with van der Waals surface area (Å²) in [6.07, 6.45) is 3.00. The molecular formula is C19H24N2O4. The number of hydrogen-bond acceptors (Lipinski definition) is 4. The minimum atomic E-state index is -0.362. The van der Waals surface area contributed by atoms with Gasteiger partial charge in [0.05, 0.1) is 12.6 Å². The zero-order valence-corrected chi connectivity index (χ0v) is 14.7. The zero-order chi connectivity index (χ0) is 17.6. The predicted molar refractivity (Wildman–Crippen MR) is 91.5 cm³/mol. The van der Waals surface area contributed by atoms with Crippen molar-refractivity contribution >= 4 is 12.0 Å². The van der Waals surface area contributed by atoms with Gasteiger partial charge in [-0.1, -0.05) is 12.1 Å².